The van der Waals surface area contributed by atoms with E-state index in [9.17, 15) is 0 Å². The Balaban J connectivity index is 1.49. The first-order valence-corrected chi connectivity index (χ1v) is 8.23. The van der Waals surface area contributed by atoms with Gasteiger partial charge in [-0.2, -0.15) is 0 Å². The number of nitrogens with zero attached hydrogens (tertiary/aromatic N) is 2. The van der Waals surface area contributed by atoms with Crippen LogP contribution >= 0.6 is 11.3 Å². The first-order chi connectivity index (χ1) is 9.86. The largest absolute Gasteiger partial charge is 0.381 e. The third-order valence-corrected chi connectivity index (χ3v) is 4.72. The highest BCUT2D eigenvalue weighted by Gasteiger charge is 2.20. The van der Waals surface area contributed by atoms with E-state index in [4.69, 9.17) is 4.74 Å². The summed E-state index contributed by atoms with van der Waals surface area (Å²) >= 11 is 1.75. The summed E-state index contributed by atoms with van der Waals surface area (Å²) in [6.07, 6.45) is 6.42. The first-order valence-electron chi connectivity index (χ1n) is 7.42. The smallest absolute Gasteiger partial charge is 0.138 e. The Hall–Kier alpha value is -1.20. The maximum Gasteiger partial charge on any atom is 0.138 e. The summed E-state index contributed by atoms with van der Waals surface area (Å²) in [7, 11) is 0. The maximum atomic E-state index is 5.63. The number of aromatic nitrogens is 2. The zero-order chi connectivity index (χ0) is 13.8. The van der Waals surface area contributed by atoms with Crippen molar-refractivity contribution in [3.63, 3.8) is 0 Å². The van der Waals surface area contributed by atoms with Gasteiger partial charge in [0.15, 0.2) is 0 Å². The molecule has 0 atom stereocenters. The second kappa shape index (κ2) is 6.50. The molecule has 2 heterocycles. The van der Waals surface area contributed by atoms with Gasteiger partial charge in [0.2, 0.25) is 0 Å². The summed E-state index contributed by atoms with van der Waals surface area (Å²) < 4.78 is 5.63. The number of anilines is 1. The molecule has 0 saturated heterocycles. The monoisotopic (exact) mass is 291 g/mol. The molecule has 1 N–H and O–H groups in total. The molecule has 0 amide bonds. The third kappa shape index (κ3) is 3.46. The Morgan fingerprint density at radius 3 is 3.10 bits per heavy atom. The highest BCUT2D eigenvalue weighted by atomic mass is 32.1. The van der Waals surface area contributed by atoms with Crippen LogP contribution in [-0.4, -0.2) is 29.7 Å². The van der Waals surface area contributed by atoms with Crippen molar-refractivity contribution in [3.8, 4) is 0 Å². The second-order valence-corrected chi connectivity index (χ2v) is 6.42. The zero-order valence-electron chi connectivity index (χ0n) is 11.9. The average molecular weight is 291 g/mol. The van der Waals surface area contributed by atoms with Crippen molar-refractivity contribution in [2.24, 2.45) is 5.92 Å². The summed E-state index contributed by atoms with van der Waals surface area (Å²) in [5.41, 5.74) is 0. The van der Waals surface area contributed by atoms with Crippen LogP contribution in [0.3, 0.4) is 0 Å². The quantitative estimate of drug-likeness (QED) is 0.756. The summed E-state index contributed by atoms with van der Waals surface area (Å²) in [5, 5.41) is 4.55. The van der Waals surface area contributed by atoms with Crippen LogP contribution in [0.1, 0.15) is 31.1 Å². The van der Waals surface area contributed by atoms with Gasteiger partial charge in [-0.1, -0.05) is 6.92 Å². The van der Waals surface area contributed by atoms with Gasteiger partial charge in [0, 0.05) is 24.6 Å². The molecule has 3 rings (SSSR count). The van der Waals surface area contributed by atoms with E-state index in [-0.39, 0.29) is 0 Å². The van der Waals surface area contributed by atoms with Crippen LogP contribution in [0, 0.1) is 5.92 Å². The van der Waals surface area contributed by atoms with Crippen LogP contribution in [0.2, 0.25) is 0 Å². The lowest BCUT2D eigenvalue weighted by Gasteiger charge is -2.06. The topological polar surface area (TPSA) is 47.0 Å². The molecule has 5 heteroatoms. The van der Waals surface area contributed by atoms with Crippen LogP contribution < -0.4 is 5.32 Å². The standard InChI is InChI=1S/C15H21N3OS/c1-2-12-8-13-14(17-10-18-15(13)20-12)16-6-3-7-19-9-11-4-5-11/h8,10-11H,2-7,9H2,1H3,(H,16,17,18). The van der Waals surface area contributed by atoms with Crippen LogP contribution in [0.25, 0.3) is 10.2 Å². The molecule has 1 fully saturated rings. The lowest BCUT2D eigenvalue weighted by Crippen LogP contribution is -2.08. The molecule has 2 aromatic rings. The van der Waals surface area contributed by atoms with Crippen LogP contribution in [0.5, 0.6) is 0 Å². The SMILES string of the molecule is CCc1cc2c(NCCCOCC3CC3)ncnc2s1. The number of nitrogens with one attached hydrogen (secondary N) is 1. The summed E-state index contributed by atoms with van der Waals surface area (Å²) in [6, 6.07) is 2.20. The average Bonchev–Trinajstić information content (AvgIpc) is 3.19. The van der Waals surface area contributed by atoms with Crippen molar-refractivity contribution in [1.29, 1.82) is 0 Å². The van der Waals surface area contributed by atoms with Gasteiger partial charge < -0.3 is 10.1 Å². The Morgan fingerprint density at radius 2 is 2.30 bits per heavy atom. The van der Waals surface area contributed by atoms with Crippen molar-refractivity contribution < 1.29 is 4.74 Å². The fraction of sp³-hybridized carbons (Fsp3) is 0.600. The fourth-order valence-electron chi connectivity index (χ4n) is 2.14. The Morgan fingerprint density at radius 1 is 1.40 bits per heavy atom. The van der Waals surface area contributed by atoms with Crippen LogP contribution in [0.15, 0.2) is 12.4 Å². The Kier molecular flexibility index (Phi) is 4.47. The predicted molar refractivity (Wildman–Crippen MR) is 83.4 cm³/mol. The summed E-state index contributed by atoms with van der Waals surface area (Å²) in [5.74, 6) is 1.80. The first kappa shape index (κ1) is 13.8. The van der Waals surface area contributed by atoms with Crippen LogP contribution in [-0.2, 0) is 11.2 Å². The Labute approximate surface area is 123 Å². The molecule has 2 aromatic heterocycles. The number of ether oxygens (including phenoxy) is 1. The van der Waals surface area contributed by atoms with Crippen molar-refractivity contribution in [2.75, 3.05) is 25.1 Å². The number of rotatable bonds is 8. The summed E-state index contributed by atoms with van der Waals surface area (Å²) in [6.45, 7) is 4.85. The van der Waals surface area contributed by atoms with Crippen molar-refractivity contribution >= 4 is 27.4 Å². The number of thiophene rings is 1. The lowest BCUT2D eigenvalue weighted by molar-refractivity contribution is 0.124. The predicted octanol–water partition coefficient (Wildman–Crippen LogP) is 3.48. The van der Waals surface area contributed by atoms with E-state index in [1.807, 2.05) is 0 Å². The maximum absolute atomic E-state index is 5.63. The second-order valence-electron chi connectivity index (χ2n) is 5.31. The van der Waals surface area contributed by atoms with Gasteiger partial charge in [-0.05, 0) is 37.7 Å². The normalized spacial score (nSPS) is 14.8. The van der Waals surface area contributed by atoms with E-state index in [0.29, 0.717) is 0 Å². The van der Waals surface area contributed by atoms with E-state index in [1.54, 1.807) is 17.7 Å². The number of fused-ring (bicyclic) bond motifs is 1. The third-order valence-electron chi connectivity index (χ3n) is 3.54. The fourth-order valence-corrected chi connectivity index (χ4v) is 3.07. The van der Waals surface area contributed by atoms with Gasteiger partial charge in [0.1, 0.15) is 17.0 Å². The van der Waals surface area contributed by atoms with Crippen molar-refractivity contribution in [1.82, 2.24) is 9.97 Å². The molecule has 20 heavy (non-hydrogen) atoms. The van der Waals surface area contributed by atoms with Gasteiger partial charge in [-0.25, -0.2) is 9.97 Å². The molecular weight excluding hydrogens is 270 g/mol. The number of aryl methyl sites for hydroxylation is 1. The molecule has 4 nitrogen and oxygen atoms in total. The number of hydrogen-bond acceptors (Lipinski definition) is 5. The van der Waals surface area contributed by atoms with Gasteiger partial charge >= 0.3 is 0 Å². The molecule has 0 aromatic carbocycles. The molecule has 0 radical (unpaired) electrons. The highest BCUT2D eigenvalue weighted by molar-refractivity contribution is 7.18. The van der Waals surface area contributed by atoms with Crippen molar-refractivity contribution in [3.05, 3.63) is 17.3 Å². The summed E-state index contributed by atoms with van der Waals surface area (Å²) in [4.78, 5) is 11.1. The molecule has 108 valence electrons. The van der Waals surface area contributed by atoms with E-state index >= 15 is 0 Å². The van der Waals surface area contributed by atoms with Gasteiger partial charge in [-0.3, -0.25) is 0 Å². The molecular formula is C15H21N3OS. The molecule has 0 aliphatic heterocycles. The minimum Gasteiger partial charge on any atom is -0.381 e. The lowest BCUT2D eigenvalue weighted by atomic mass is 10.3. The minimum absolute atomic E-state index is 0.835. The van der Waals surface area contributed by atoms with Gasteiger partial charge in [-0.15, -0.1) is 11.3 Å². The zero-order valence-corrected chi connectivity index (χ0v) is 12.7. The van der Waals surface area contributed by atoms with Crippen molar-refractivity contribution in [2.45, 2.75) is 32.6 Å². The molecule has 1 aliphatic carbocycles. The molecule has 0 unspecified atom stereocenters. The number of hydrogen-bond donors (Lipinski definition) is 1. The van der Waals surface area contributed by atoms with E-state index in [0.717, 1.165) is 54.6 Å². The molecule has 0 spiro atoms. The highest BCUT2D eigenvalue weighted by Crippen LogP contribution is 2.29. The van der Waals surface area contributed by atoms with E-state index < -0.39 is 0 Å². The van der Waals surface area contributed by atoms with E-state index in [2.05, 4.69) is 28.3 Å². The Bertz CT molecular complexity index is 565. The molecule has 1 aliphatic rings. The minimum atomic E-state index is 0.835. The van der Waals surface area contributed by atoms with Gasteiger partial charge in [0.25, 0.3) is 0 Å². The van der Waals surface area contributed by atoms with Gasteiger partial charge in [0.05, 0.1) is 5.39 Å². The molecule has 0 bridgehead atoms. The van der Waals surface area contributed by atoms with E-state index in [1.165, 1.54) is 17.7 Å². The van der Waals surface area contributed by atoms with Crippen LogP contribution in [0.4, 0.5) is 5.82 Å². The molecule has 1 saturated carbocycles.